The number of likely N-dealkylation sites (N-methyl/N-ethyl adjacent to an activating group) is 1. The topological polar surface area (TPSA) is 39.7 Å². The van der Waals surface area contributed by atoms with E-state index in [1.165, 1.54) is 10.4 Å². The Labute approximate surface area is 149 Å². The summed E-state index contributed by atoms with van der Waals surface area (Å²) in [6.07, 6.45) is 0. The van der Waals surface area contributed by atoms with Crippen LogP contribution in [-0.4, -0.2) is 37.0 Å². The Morgan fingerprint density at radius 3 is 2.62 bits per heavy atom. The summed E-state index contributed by atoms with van der Waals surface area (Å²) < 4.78 is 0. The Hall–Kier alpha value is -1.85. The molecule has 5 heteroatoms. The summed E-state index contributed by atoms with van der Waals surface area (Å²) >= 11 is 1.74. The van der Waals surface area contributed by atoms with Gasteiger partial charge in [0.15, 0.2) is 5.96 Å². The summed E-state index contributed by atoms with van der Waals surface area (Å²) in [5.74, 6) is 0.880. The first-order chi connectivity index (χ1) is 11.7. The molecule has 4 nitrogen and oxygen atoms in total. The Morgan fingerprint density at radius 1 is 1.17 bits per heavy atom. The molecule has 0 fully saturated rings. The molecule has 0 bridgehead atoms. The molecule has 0 amide bonds. The first-order valence-corrected chi connectivity index (χ1v) is 9.35. The monoisotopic (exact) mass is 344 g/mol. The molecule has 0 aliphatic rings. The van der Waals surface area contributed by atoms with Gasteiger partial charge in [-0.25, -0.2) is 4.99 Å². The molecule has 130 valence electrons. The summed E-state index contributed by atoms with van der Waals surface area (Å²) in [5.41, 5.74) is 1.34. The van der Waals surface area contributed by atoms with Crippen LogP contribution in [0, 0.1) is 0 Å². The van der Waals surface area contributed by atoms with Crippen molar-refractivity contribution >= 4 is 17.3 Å². The van der Waals surface area contributed by atoms with Crippen LogP contribution in [0.5, 0.6) is 0 Å². The van der Waals surface area contributed by atoms with E-state index in [0.29, 0.717) is 6.04 Å². The van der Waals surface area contributed by atoms with E-state index in [9.17, 15) is 0 Å². The molecule has 24 heavy (non-hydrogen) atoms. The van der Waals surface area contributed by atoms with E-state index in [1.54, 1.807) is 11.3 Å². The molecule has 0 aliphatic carbocycles. The summed E-state index contributed by atoms with van der Waals surface area (Å²) in [6.45, 7) is 7.73. The maximum Gasteiger partial charge on any atom is 0.191 e. The van der Waals surface area contributed by atoms with E-state index >= 15 is 0 Å². The fourth-order valence-electron chi connectivity index (χ4n) is 2.33. The number of thiophene rings is 1. The standard InChI is InChI=1S/C19H28N4S/c1-4-20-19(22-14-18-11-8-12-24-18)21-13-16(2)23(3)15-17-9-6-5-7-10-17/h5-12,16H,4,13-15H2,1-3H3,(H2,20,21,22). The highest BCUT2D eigenvalue weighted by atomic mass is 32.1. The zero-order valence-corrected chi connectivity index (χ0v) is 15.6. The zero-order chi connectivity index (χ0) is 17.2. The molecule has 2 N–H and O–H groups in total. The fraction of sp³-hybridized carbons (Fsp3) is 0.421. The van der Waals surface area contributed by atoms with Crippen molar-refractivity contribution in [2.45, 2.75) is 33.0 Å². The number of hydrogen-bond acceptors (Lipinski definition) is 3. The Kier molecular flexibility index (Phi) is 7.79. The molecular formula is C19H28N4S. The van der Waals surface area contributed by atoms with Crippen molar-refractivity contribution in [3.8, 4) is 0 Å². The average Bonchev–Trinajstić information content (AvgIpc) is 3.11. The van der Waals surface area contributed by atoms with Crippen LogP contribution in [0.2, 0.25) is 0 Å². The van der Waals surface area contributed by atoms with Crippen LogP contribution in [0.25, 0.3) is 0 Å². The average molecular weight is 345 g/mol. The number of rotatable bonds is 8. The van der Waals surface area contributed by atoms with Crippen LogP contribution < -0.4 is 10.6 Å². The van der Waals surface area contributed by atoms with Crippen LogP contribution in [0.3, 0.4) is 0 Å². The predicted molar refractivity (Wildman–Crippen MR) is 105 cm³/mol. The molecule has 2 aromatic rings. The summed E-state index contributed by atoms with van der Waals surface area (Å²) in [5, 5.41) is 8.85. The van der Waals surface area contributed by atoms with Gasteiger partial charge in [0.25, 0.3) is 0 Å². The quantitative estimate of drug-likeness (QED) is 0.570. The number of guanidine groups is 1. The first kappa shape index (κ1) is 18.5. The number of benzene rings is 1. The lowest BCUT2D eigenvalue weighted by Gasteiger charge is -2.25. The maximum atomic E-state index is 4.66. The Morgan fingerprint density at radius 2 is 1.96 bits per heavy atom. The Bertz CT molecular complexity index is 595. The minimum absolute atomic E-state index is 0.413. The SMILES string of the molecule is CCNC(=NCc1cccs1)NCC(C)N(C)Cc1ccccc1. The molecule has 0 spiro atoms. The van der Waals surface area contributed by atoms with E-state index in [2.05, 4.69) is 89.3 Å². The number of nitrogens with one attached hydrogen (secondary N) is 2. The van der Waals surface area contributed by atoms with E-state index < -0.39 is 0 Å². The van der Waals surface area contributed by atoms with Gasteiger partial charge in [-0.1, -0.05) is 36.4 Å². The first-order valence-electron chi connectivity index (χ1n) is 8.47. The fourth-order valence-corrected chi connectivity index (χ4v) is 2.96. The third-order valence-electron chi connectivity index (χ3n) is 3.91. The lowest BCUT2D eigenvalue weighted by Crippen LogP contribution is -2.44. The molecule has 1 heterocycles. The van der Waals surface area contributed by atoms with Crippen molar-refractivity contribution < 1.29 is 0 Å². The van der Waals surface area contributed by atoms with Gasteiger partial charge in [0.1, 0.15) is 0 Å². The minimum atomic E-state index is 0.413. The second-order valence-corrected chi connectivity index (χ2v) is 6.94. The highest BCUT2D eigenvalue weighted by Gasteiger charge is 2.10. The van der Waals surface area contributed by atoms with Crippen molar-refractivity contribution in [1.82, 2.24) is 15.5 Å². The van der Waals surface area contributed by atoms with E-state index in [1.807, 2.05) is 0 Å². The second-order valence-electron chi connectivity index (χ2n) is 5.91. The molecule has 2 rings (SSSR count). The number of aliphatic imine (C=N–C) groups is 1. The van der Waals surface area contributed by atoms with Crippen molar-refractivity contribution in [3.63, 3.8) is 0 Å². The van der Waals surface area contributed by atoms with Crippen LogP contribution >= 0.6 is 11.3 Å². The summed E-state index contributed by atoms with van der Waals surface area (Å²) in [4.78, 5) is 8.29. The van der Waals surface area contributed by atoms with Gasteiger partial charge in [0.2, 0.25) is 0 Å². The van der Waals surface area contributed by atoms with Crippen LogP contribution in [-0.2, 0) is 13.1 Å². The smallest absolute Gasteiger partial charge is 0.191 e. The minimum Gasteiger partial charge on any atom is -0.357 e. The predicted octanol–water partition coefficient (Wildman–Crippen LogP) is 3.32. The molecular weight excluding hydrogens is 316 g/mol. The Balaban J connectivity index is 1.82. The highest BCUT2D eigenvalue weighted by molar-refractivity contribution is 7.09. The largest absolute Gasteiger partial charge is 0.357 e. The van der Waals surface area contributed by atoms with Gasteiger partial charge in [0.05, 0.1) is 6.54 Å². The summed E-state index contributed by atoms with van der Waals surface area (Å²) in [6, 6.07) is 15.2. The molecule has 1 aromatic carbocycles. The van der Waals surface area contributed by atoms with Gasteiger partial charge in [-0.05, 0) is 37.9 Å². The van der Waals surface area contributed by atoms with Gasteiger partial charge in [-0.15, -0.1) is 11.3 Å². The molecule has 0 saturated carbocycles. The van der Waals surface area contributed by atoms with Crippen molar-refractivity contribution in [3.05, 3.63) is 58.3 Å². The van der Waals surface area contributed by atoms with Crippen LogP contribution in [0.4, 0.5) is 0 Å². The molecule has 1 unspecified atom stereocenters. The lowest BCUT2D eigenvalue weighted by atomic mass is 10.2. The normalized spacial score (nSPS) is 13.1. The van der Waals surface area contributed by atoms with E-state index in [4.69, 9.17) is 0 Å². The molecule has 0 radical (unpaired) electrons. The van der Waals surface area contributed by atoms with E-state index in [-0.39, 0.29) is 0 Å². The molecule has 0 saturated heterocycles. The van der Waals surface area contributed by atoms with Gasteiger partial charge < -0.3 is 10.6 Å². The third-order valence-corrected chi connectivity index (χ3v) is 4.77. The molecule has 0 aliphatic heterocycles. The van der Waals surface area contributed by atoms with Crippen LogP contribution in [0.1, 0.15) is 24.3 Å². The van der Waals surface area contributed by atoms with Crippen LogP contribution in [0.15, 0.2) is 52.8 Å². The van der Waals surface area contributed by atoms with Gasteiger partial charge in [-0.2, -0.15) is 0 Å². The second kappa shape index (κ2) is 10.1. The number of nitrogens with zero attached hydrogens (tertiary/aromatic N) is 2. The third kappa shape index (κ3) is 6.34. The molecule has 1 aromatic heterocycles. The van der Waals surface area contributed by atoms with Gasteiger partial charge in [0, 0.05) is 30.6 Å². The zero-order valence-electron chi connectivity index (χ0n) is 14.8. The molecule has 1 atom stereocenters. The van der Waals surface area contributed by atoms with E-state index in [0.717, 1.165) is 32.1 Å². The number of hydrogen-bond donors (Lipinski definition) is 2. The van der Waals surface area contributed by atoms with Crippen molar-refractivity contribution in [1.29, 1.82) is 0 Å². The van der Waals surface area contributed by atoms with Gasteiger partial charge in [-0.3, -0.25) is 4.90 Å². The van der Waals surface area contributed by atoms with Gasteiger partial charge >= 0.3 is 0 Å². The summed E-state index contributed by atoms with van der Waals surface area (Å²) in [7, 11) is 2.16. The van der Waals surface area contributed by atoms with Crippen molar-refractivity contribution in [2.75, 3.05) is 20.1 Å². The van der Waals surface area contributed by atoms with Crippen molar-refractivity contribution in [2.24, 2.45) is 4.99 Å². The maximum absolute atomic E-state index is 4.66. The lowest BCUT2D eigenvalue weighted by molar-refractivity contribution is 0.249. The highest BCUT2D eigenvalue weighted by Crippen LogP contribution is 2.09.